The summed E-state index contributed by atoms with van der Waals surface area (Å²) in [6.45, 7) is 9.78. The lowest BCUT2D eigenvalue weighted by Gasteiger charge is -2.50. The van der Waals surface area contributed by atoms with Crippen molar-refractivity contribution in [2.45, 2.75) is 53.4 Å². The van der Waals surface area contributed by atoms with E-state index in [-0.39, 0.29) is 0 Å². The molecule has 0 heteroatoms. The quantitative estimate of drug-likeness (QED) is 0.644. The monoisotopic (exact) mass is 206 g/mol. The van der Waals surface area contributed by atoms with Crippen molar-refractivity contribution in [1.82, 2.24) is 0 Å². The summed E-state index contributed by atoms with van der Waals surface area (Å²) in [5.74, 6) is 6.57. The maximum Gasteiger partial charge on any atom is -0.0289 e. The van der Waals surface area contributed by atoms with Crippen LogP contribution in [0.3, 0.4) is 0 Å². The van der Waals surface area contributed by atoms with Crippen LogP contribution < -0.4 is 0 Å². The van der Waals surface area contributed by atoms with Gasteiger partial charge in [-0.15, -0.1) is 0 Å². The van der Waals surface area contributed by atoms with Gasteiger partial charge in [-0.3, -0.25) is 0 Å². The fraction of sp³-hybridized carbons (Fsp3) is 1.00. The molecular formula is C15H26. The maximum absolute atomic E-state index is 2.52. The zero-order valence-electron chi connectivity index (χ0n) is 10.8. The molecule has 0 N–H and O–H groups in total. The van der Waals surface area contributed by atoms with Crippen LogP contribution in [0.15, 0.2) is 0 Å². The number of hydrogen-bond acceptors (Lipinski definition) is 0. The molecule has 0 aromatic heterocycles. The van der Waals surface area contributed by atoms with E-state index in [2.05, 4.69) is 27.7 Å². The van der Waals surface area contributed by atoms with Gasteiger partial charge in [-0.25, -0.2) is 0 Å². The molecule has 0 heterocycles. The molecule has 15 heavy (non-hydrogen) atoms. The van der Waals surface area contributed by atoms with Crippen LogP contribution in [0.5, 0.6) is 0 Å². The molecule has 86 valence electrons. The third-order valence-electron chi connectivity index (χ3n) is 5.96. The van der Waals surface area contributed by atoms with Crippen LogP contribution in [-0.2, 0) is 0 Å². The highest BCUT2D eigenvalue weighted by atomic mass is 14.7. The average Bonchev–Trinajstić information content (AvgIpc) is 2.69. The summed E-state index contributed by atoms with van der Waals surface area (Å²) in [6.07, 6.45) is 6.17. The van der Waals surface area contributed by atoms with Gasteiger partial charge in [-0.1, -0.05) is 34.1 Å². The second-order valence-corrected chi connectivity index (χ2v) is 7.48. The fourth-order valence-electron chi connectivity index (χ4n) is 4.93. The zero-order valence-corrected chi connectivity index (χ0v) is 10.8. The summed E-state index contributed by atoms with van der Waals surface area (Å²) >= 11 is 0. The van der Waals surface area contributed by atoms with Crippen LogP contribution in [0.2, 0.25) is 0 Å². The Morgan fingerprint density at radius 1 is 1.20 bits per heavy atom. The van der Waals surface area contributed by atoms with E-state index < -0.39 is 0 Å². The normalized spacial score (nSPS) is 49.8. The topological polar surface area (TPSA) is 0 Å². The van der Waals surface area contributed by atoms with E-state index in [1.807, 2.05) is 0 Å². The van der Waals surface area contributed by atoms with Gasteiger partial charge < -0.3 is 0 Å². The summed E-state index contributed by atoms with van der Waals surface area (Å²) < 4.78 is 0. The van der Waals surface area contributed by atoms with Crippen LogP contribution in [0.25, 0.3) is 0 Å². The van der Waals surface area contributed by atoms with E-state index in [0.29, 0.717) is 0 Å². The molecule has 0 aromatic rings. The number of hydrogen-bond donors (Lipinski definition) is 0. The molecule has 4 saturated carbocycles. The van der Waals surface area contributed by atoms with Gasteiger partial charge >= 0.3 is 0 Å². The van der Waals surface area contributed by atoms with Gasteiger partial charge in [0.05, 0.1) is 0 Å². The molecule has 0 nitrogen and oxygen atoms in total. The van der Waals surface area contributed by atoms with Gasteiger partial charge in [-0.05, 0) is 60.2 Å². The summed E-state index contributed by atoms with van der Waals surface area (Å²) in [5.41, 5.74) is 0.728. The summed E-state index contributed by atoms with van der Waals surface area (Å²) in [5, 5.41) is 0. The molecule has 0 radical (unpaired) electrons. The van der Waals surface area contributed by atoms with Gasteiger partial charge in [-0.2, -0.15) is 0 Å². The molecular weight excluding hydrogens is 180 g/mol. The van der Waals surface area contributed by atoms with Crippen LogP contribution in [0, 0.1) is 40.9 Å². The lowest BCUT2D eigenvalue weighted by atomic mass is 9.55. The Hall–Kier alpha value is 0. The molecule has 0 spiro atoms. The van der Waals surface area contributed by atoms with E-state index >= 15 is 0 Å². The van der Waals surface area contributed by atoms with Crippen molar-refractivity contribution in [1.29, 1.82) is 0 Å². The molecule has 0 aliphatic heterocycles. The van der Waals surface area contributed by atoms with Crippen molar-refractivity contribution >= 4 is 0 Å². The predicted molar refractivity (Wildman–Crippen MR) is 64.5 cm³/mol. The minimum atomic E-state index is 0.728. The zero-order chi connectivity index (χ0) is 10.8. The van der Waals surface area contributed by atoms with E-state index in [9.17, 15) is 0 Å². The van der Waals surface area contributed by atoms with Crippen molar-refractivity contribution < 1.29 is 0 Å². The van der Waals surface area contributed by atoms with Gasteiger partial charge in [0.2, 0.25) is 0 Å². The smallest absolute Gasteiger partial charge is 0.0289 e. The molecule has 0 saturated heterocycles. The number of rotatable bonds is 3. The molecule has 5 unspecified atom stereocenters. The highest BCUT2D eigenvalue weighted by Crippen LogP contribution is 2.75. The highest BCUT2D eigenvalue weighted by molar-refractivity contribution is 5.17. The van der Waals surface area contributed by atoms with Crippen molar-refractivity contribution in [2.24, 2.45) is 40.9 Å². The summed E-state index contributed by atoms with van der Waals surface area (Å²) in [6, 6.07) is 0. The minimum Gasteiger partial charge on any atom is -0.0628 e. The second kappa shape index (κ2) is 3.02. The average molecular weight is 206 g/mol. The Kier molecular flexibility index (Phi) is 2.05. The molecule has 5 atom stereocenters. The van der Waals surface area contributed by atoms with E-state index in [4.69, 9.17) is 0 Å². The van der Waals surface area contributed by atoms with Crippen molar-refractivity contribution in [3.05, 3.63) is 0 Å². The van der Waals surface area contributed by atoms with Gasteiger partial charge in [0.25, 0.3) is 0 Å². The third-order valence-corrected chi connectivity index (χ3v) is 5.96. The molecule has 4 aliphatic rings. The van der Waals surface area contributed by atoms with Gasteiger partial charge in [0.1, 0.15) is 0 Å². The molecule has 4 aliphatic carbocycles. The largest absolute Gasteiger partial charge is 0.0628 e. The molecule has 4 fully saturated rings. The fourth-order valence-corrected chi connectivity index (χ4v) is 4.93. The maximum atomic E-state index is 2.52. The van der Waals surface area contributed by atoms with Crippen molar-refractivity contribution in [3.8, 4) is 0 Å². The first-order chi connectivity index (χ1) is 7.01. The first-order valence-corrected chi connectivity index (χ1v) is 7.01. The molecule has 0 aromatic carbocycles. The summed E-state index contributed by atoms with van der Waals surface area (Å²) in [7, 11) is 0. The van der Waals surface area contributed by atoms with Crippen molar-refractivity contribution in [2.75, 3.05) is 0 Å². The first kappa shape index (κ1) is 10.2. The first-order valence-electron chi connectivity index (χ1n) is 7.01. The van der Waals surface area contributed by atoms with E-state index in [0.717, 1.165) is 40.9 Å². The van der Waals surface area contributed by atoms with Gasteiger partial charge in [0, 0.05) is 0 Å². The molecule has 2 bridgehead atoms. The predicted octanol–water partition coefficient (Wildman–Crippen LogP) is 4.35. The third kappa shape index (κ3) is 1.33. The van der Waals surface area contributed by atoms with E-state index in [1.165, 1.54) is 12.8 Å². The van der Waals surface area contributed by atoms with Gasteiger partial charge in [0.15, 0.2) is 0 Å². The standard InChI is InChI=1S/C15H26/c1-9(2)5-6-11-10-7-12(11)14-13(8-10)15(14,3)4/h9-14H,5-8H2,1-4H3. The Morgan fingerprint density at radius 2 is 1.93 bits per heavy atom. The SMILES string of the molecule is CC(C)CCC1C2CC1C1C(C2)C1(C)C. The minimum absolute atomic E-state index is 0.728. The van der Waals surface area contributed by atoms with Crippen LogP contribution in [0.1, 0.15) is 53.4 Å². The van der Waals surface area contributed by atoms with Crippen LogP contribution in [-0.4, -0.2) is 0 Å². The second-order valence-electron chi connectivity index (χ2n) is 7.48. The lowest BCUT2D eigenvalue weighted by molar-refractivity contribution is -0.00610. The molecule has 0 amide bonds. The van der Waals surface area contributed by atoms with Crippen LogP contribution >= 0.6 is 0 Å². The summed E-state index contributed by atoms with van der Waals surface area (Å²) in [4.78, 5) is 0. The van der Waals surface area contributed by atoms with Crippen LogP contribution in [0.4, 0.5) is 0 Å². The molecule has 4 rings (SSSR count). The Morgan fingerprint density at radius 3 is 2.53 bits per heavy atom. The Bertz CT molecular complexity index is 263. The highest BCUT2D eigenvalue weighted by Gasteiger charge is 2.69. The Balaban J connectivity index is 1.62. The van der Waals surface area contributed by atoms with Crippen molar-refractivity contribution in [3.63, 3.8) is 0 Å². The lowest BCUT2D eigenvalue weighted by Crippen LogP contribution is -2.42. The Labute approximate surface area is 94.8 Å². The van der Waals surface area contributed by atoms with E-state index in [1.54, 1.807) is 12.8 Å².